The van der Waals surface area contributed by atoms with Crippen LogP contribution in [0.3, 0.4) is 0 Å². The van der Waals surface area contributed by atoms with Crippen molar-refractivity contribution >= 4 is 0 Å². The molecule has 37 heavy (non-hydrogen) atoms. The van der Waals surface area contributed by atoms with Crippen LogP contribution in [0, 0.1) is 13.8 Å². The molecular weight excluding hydrogens is 448 g/mol. The van der Waals surface area contributed by atoms with E-state index in [1.807, 2.05) is 0 Å². The molecule has 0 atom stereocenters. The Hall–Kier alpha value is -3.91. The molecule has 0 radical (unpaired) electrons. The molecule has 182 valence electrons. The molecule has 2 heteroatoms. The zero-order chi connectivity index (χ0) is 25.0. The van der Waals surface area contributed by atoms with Crippen LogP contribution in [0.2, 0.25) is 0 Å². The topological polar surface area (TPSA) is 8.81 Å². The Morgan fingerprint density at radius 3 is 1.89 bits per heavy atom. The third kappa shape index (κ3) is 3.08. The number of hydrogen-bond acceptors (Lipinski definition) is 0. The van der Waals surface area contributed by atoms with Gasteiger partial charge in [0.1, 0.15) is 5.69 Å². The molecule has 7 rings (SSSR count). The van der Waals surface area contributed by atoms with Crippen molar-refractivity contribution in [2.75, 3.05) is 0 Å². The van der Waals surface area contributed by atoms with Crippen LogP contribution in [0.25, 0.3) is 16.9 Å². The van der Waals surface area contributed by atoms with E-state index in [-0.39, 0.29) is 0 Å². The quantitative estimate of drug-likeness (QED) is 0.227. The van der Waals surface area contributed by atoms with E-state index in [1.54, 1.807) is 0 Å². The molecule has 1 aromatic heterocycles. The summed E-state index contributed by atoms with van der Waals surface area (Å²) in [7, 11) is 0. The summed E-state index contributed by atoms with van der Waals surface area (Å²) >= 11 is 0. The largest absolute Gasteiger partial charge is 0.266 e. The first kappa shape index (κ1) is 22.3. The lowest BCUT2D eigenvalue weighted by atomic mass is 9.77. The lowest BCUT2D eigenvalue weighted by molar-refractivity contribution is -0.726. The van der Waals surface area contributed by atoms with Crippen molar-refractivity contribution in [3.05, 3.63) is 143 Å². The predicted molar refractivity (Wildman–Crippen MR) is 150 cm³/mol. The molecule has 0 amide bonds. The van der Waals surface area contributed by atoms with Crippen LogP contribution in [0.4, 0.5) is 0 Å². The molecule has 4 aromatic carbocycles. The summed E-state index contributed by atoms with van der Waals surface area (Å²) < 4.78 is 5.36. The van der Waals surface area contributed by atoms with Crippen LogP contribution in [0.15, 0.2) is 109 Å². The first-order valence-electron chi connectivity index (χ1n) is 13.7. The van der Waals surface area contributed by atoms with E-state index in [0.717, 1.165) is 0 Å². The minimum atomic E-state index is -0.426. The van der Waals surface area contributed by atoms with Gasteiger partial charge in [-0.15, -0.1) is 0 Å². The fraction of sp³-hybridized carbons (Fsp3) is 0.229. The highest BCUT2D eigenvalue weighted by Gasteiger charge is 2.56. The number of hydrogen-bond donors (Lipinski definition) is 0. The van der Waals surface area contributed by atoms with Gasteiger partial charge in [0.2, 0.25) is 0 Å². The summed E-state index contributed by atoms with van der Waals surface area (Å²) in [5, 5.41) is 0. The van der Waals surface area contributed by atoms with Crippen molar-refractivity contribution in [3.8, 4) is 16.9 Å². The van der Waals surface area contributed by atoms with Gasteiger partial charge in [0, 0.05) is 29.2 Å². The number of nitrogens with zero attached hydrogens (tertiary/aromatic N) is 2. The van der Waals surface area contributed by atoms with Crippen molar-refractivity contribution in [2.45, 2.75) is 51.0 Å². The first-order valence-corrected chi connectivity index (χ1v) is 13.7. The van der Waals surface area contributed by atoms with E-state index in [9.17, 15) is 0 Å². The standard InChI is InChI=1S/C35H33N2/c1-25-15-9-14-24-32(25)36-26(2)33-30-22-12-13-23-31(30)35(28-18-5-3-6-19-28,29-20-7-4-8-21-29)37(33)34(36)27-16-10-11-17-27/h3-9,12-15,18-24,27H,10-11,16-17H2,1-2H3/q+1. The summed E-state index contributed by atoms with van der Waals surface area (Å²) in [5.74, 6) is 1.97. The van der Waals surface area contributed by atoms with Gasteiger partial charge in [-0.05, 0) is 31.4 Å². The van der Waals surface area contributed by atoms with E-state index in [1.165, 1.54) is 76.4 Å². The number of benzene rings is 4. The van der Waals surface area contributed by atoms with E-state index in [0.29, 0.717) is 5.92 Å². The molecule has 0 saturated heterocycles. The lowest BCUT2D eigenvalue weighted by Crippen LogP contribution is -2.58. The van der Waals surface area contributed by atoms with Crippen LogP contribution >= 0.6 is 0 Å². The minimum Gasteiger partial charge on any atom is -0.208 e. The minimum absolute atomic E-state index is 0.426. The number of aromatic nitrogens is 2. The Morgan fingerprint density at radius 1 is 0.676 bits per heavy atom. The molecule has 0 N–H and O–H groups in total. The van der Waals surface area contributed by atoms with Gasteiger partial charge in [0.05, 0.1) is 5.92 Å². The summed E-state index contributed by atoms with van der Waals surface area (Å²) in [4.78, 5) is 0. The summed E-state index contributed by atoms with van der Waals surface area (Å²) in [6.07, 6.45) is 5.08. The first-order chi connectivity index (χ1) is 18.2. The molecule has 0 unspecified atom stereocenters. The fourth-order valence-electron chi connectivity index (χ4n) is 7.20. The van der Waals surface area contributed by atoms with Gasteiger partial charge in [0.15, 0.2) is 16.9 Å². The van der Waals surface area contributed by atoms with Gasteiger partial charge in [-0.3, -0.25) is 0 Å². The van der Waals surface area contributed by atoms with Crippen LogP contribution in [-0.2, 0) is 5.54 Å². The van der Waals surface area contributed by atoms with E-state index < -0.39 is 5.54 Å². The molecule has 0 bridgehead atoms. The van der Waals surface area contributed by atoms with Gasteiger partial charge in [-0.25, -0.2) is 4.57 Å². The molecular formula is C35H33N2+. The van der Waals surface area contributed by atoms with Crippen molar-refractivity contribution in [1.82, 2.24) is 4.57 Å². The predicted octanol–water partition coefficient (Wildman–Crippen LogP) is 7.86. The monoisotopic (exact) mass is 481 g/mol. The van der Waals surface area contributed by atoms with Crippen molar-refractivity contribution in [3.63, 3.8) is 0 Å². The molecule has 1 aliphatic carbocycles. The highest BCUT2D eigenvalue weighted by molar-refractivity contribution is 5.73. The lowest BCUT2D eigenvalue weighted by Gasteiger charge is -2.32. The van der Waals surface area contributed by atoms with Crippen molar-refractivity contribution < 1.29 is 4.57 Å². The van der Waals surface area contributed by atoms with E-state index in [2.05, 4.69) is 132 Å². The van der Waals surface area contributed by atoms with Crippen LogP contribution in [0.1, 0.15) is 65.4 Å². The molecule has 2 aliphatic rings. The number of aryl methyl sites for hydroxylation is 1. The Labute approximate surface area is 219 Å². The van der Waals surface area contributed by atoms with Gasteiger partial charge in [-0.2, -0.15) is 4.57 Å². The maximum absolute atomic E-state index is 2.75. The van der Waals surface area contributed by atoms with Gasteiger partial charge < -0.3 is 0 Å². The maximum atomic E-state index is 2.75. The van der Waals surface area contributed by atoms with Crippen molar-refractivity contribution in [1.29, 1.82) is 0 Å². The Balaban J connectivity index is 1.70. The molecule has 1 aliphatic heterocycles. The third-order valence-electron chi connectivity index (χ3n) is 8.73. The average Bonchev–Trinajstić information content (AvgIpc) is 3.65. The van der Waals surface area contributed by atoms with Crippen LogP contribution in [0.5, 0.6) is 0 Å². The smallest absolute Gasteiger partial charge is 0.208 e. The maximum Gasteiger partial charge on any atom is 0.266 e. The Bertz CT molecular complexity index is 1550. The van der Waals surface area contributed by atoms with Gasteiger partial charge in [0.25, 0.3) is 5.82 Å². The summed E-state index contributed by atoms with van der Waals surface area (Å²) in [5.41, 5.74) is 10.2. The second-order valence-electron chi connectivity index (χ2n) is 10.7. The number of imidazole rings is 1. The third-order valence-corrected chi connectivity index (χ3v) is 8.73. The van der Waals surface area contributed by atoms with Crippen LogP contribution in [-0.4, -0.2) is 4.57 Å². The fourth-order valence-corrected chi connectivity index (χ4v) is 7.20. The summed E-state index contributed by atoms with van der Waals surface area (Å²) in [6.45, 7) is 4.58. The SMILES string of the molecule is Cc1ccccc1-n1c(C)c2[n+](c1C1CCCC1)C(c1ccccc1)(c1ccccc1)c1ccccc1-2. The van der Waals surface area contributed by atoms with Gasteiger partial charge >= 0.3 is 0 Å². The summed E-state index contributed by atoms with van der Waals surface area (Å²) in [6, 6.07) is 40.4. The Kier molecular flexibility index (Phi) is 5.18. The van der Waals surface area contributed by atoms with Crippen molar-refractivity contribution in [2.24, 2.45) is 0 Å². The average molecular weight is 482 g/mol. The normalized spacial score (nSPS) is 16.1. The number of rotatable bonds is 4. The number of fused-ring (bicyclic) bond motifs is 3. The molecule has 5 aromatic rings. The second kappa shape index (κ2) is 8.59. The van der Waals surface area contributed by atoms with Gasteiger partial charge in [-0.1, -0.05) is 116 Å². The van der Waals surface area contributed by atoms with E-state index >= 15 is 0 Å². The van der Waals surface area contributed by atoms with Crippen LogP contribution < -0.4 is 4.57 Å². The second-order valence-corrected chi connectivity index (χ2v) is 10.7. The van der Waals surface area contributed by atoms with E-state index in [4.69, 9.17) is 0 Å². The molecule has 0 spiro atoms. The highest BCUT2D eigenvalue weighted by atomic mass is 15.2. The number of para-hydroxylation sites is 1. The molecule has 2 nitrogen and oxygen atoms in total. The zero-order valence-corrected chi connectivity index (χ0v) is 21.7. The molecule has 1 saturated carbocycles. The molecule has 2 heterocycles. The molecule has 1 fully saturated rings. The Morgan fingerprint density at radius 2 is 1.24 bits per heavy atom. The highest BCUT2D eigenvalue weighted by Crippen LogP contribution is 2.50. The zero-order valence-electron chi connectivity index (χ0n) is 21.7.